The molecule has 0 aliphatic rings. The van der Waals surface area contributed by atoms with Crippen molar-refractivity contribution in [3.05, 3.63) is 0 Å². The Morgan fingerprint density at radius 2 is 0.889 bits per heavy atom. The second-order valence-corrected chi connectivity index (χ2v) is 1.54. The fourth-order valence-electron chi connectivity index (χ4n) is 0. The van der Waals surface area contributed by atoms with E-state index >= 15 is 0 Å². The molecule has 9 heteroatoms. The summed E-state index contributed by atoms with van der Waals surface area (Å²) in [7, 11) is -4.64. The molecule has 0 bridgehead atoms. The first-order chi connectivity index (χ1) is 2.00. The van der Waals surface area contributed by atoms with Crippen LogP contribution in [0.2, 0.25) is 0 Å². The van der Waals surface area contributed by atoms with Crippen LogP contribution in [-0.2, 0) is 4.57 Å². The summed E-state index contributed by atoms with van der Waals surface area (Å²) in [4.78, 5) is 21.6. The molecule has 0 aromatic rings. The Kier molecular flexibility index (Phi) is 43.0. The normalized spacial score (nSPS) is 6.56. The first-order valence-electron chi connectivity index (χ1n) is 0.783. The van der Waals surface area contributed by atoms with Gasteiger partial charge in [-0.3, -0.25) is 0 Å². The van der Waals surface area contributed by atoms with Crippen molar-refractivity contribution in [2.75, 3.05) is 0 Å². The quantitative estimate of drug-likeness (QED) is 0.217. The molecule has 0 atom stereocenters. The molecular weight excluding hydrogens is 169 g/mol. The fourth-order valence-corrected chi connectivity index (χ4v) is 0. The molecule has 0 aromatic carbocycles. The van der Waals surface area contributed by atoms with Crippen molar-refractivity contribution in [3.63, 3.8) is 0 Å². The molecule has 0 heterocycles. The van der Waals surface area contributed by atoms with Gasteiger partial charge in [-0.15, -0.1) is 0 Å². The van der Waals surface area contributed by atoms with E-state index in [1.807, 2.05) is 0 Å². The molecule has 52 valence electrons. The third-order valence-electron chi connectivity index (χ3n) is 0. The predicted octanol–water partition coefficient (Wildman–Crippen LogP) is -1.90. The molecule has 0 amide bonds. The summed E-state index contributed by atoms with van der Waals surface area (Å²) in [6.07, 6.45) is 0. The van der Waals surface area contributed by atoms with Crippen molar-refractivity contribution in [1.29, 1.82) is 0 Å². The number of rotatable bonds is 0. The minimum absolute atomic E-state index is 0. The second-order valence-electron chi connectivity index (χ2n) is 0.513. The van der Waals surface area contributed by atoms with Gasteiger partial charge in [0.15, 0.2) is 0 Å². The topological polar surface area (TPSA) is 148 Å². The van der Waals surface area contributed by atoms with Crippen LogP contribution >= 0.6 is 7.82 Å². The molecule has 6 nitrogen and oxygen atoms in total. The summed E-state index contributed by atoms with van der Waals surface area (Å²) in [6.45, 7) is 0. The summed E-state index contributed by atoms with van der Waals surface area (Å²) < 4.78 is 8.88. The SMILES string of the molecule is N.N.O=P(O)(O)O.[NaH].[NaH]. The van der Waals surface area contributed by atoms with E-state index in [4.69, 9.17) is 19.2 Å². The summed E-state index contributed by atoms with van der Waals surface area (Å²) in [6, 6.07) is 0. The molecule has 0 unspecified atom stereocenters. The van der Waals surface area contributed by atoms with Crippen molar-refractivity contribution in [2.45, 2.75) is 0 Å². The monoisotopic (exact) mass is 180 g/mol. The van der Waals surface area contributed by atoms with Gasteiger partial charge in [0.25, 0.3) is 0 Å². The molecule has 9 heavy (non-hydrogen) atoms. The average Bonchev–Trinajstić information content (AvgIpc) is 0.722. The van der Waals surface area contributed by atoms with Gasteiger partial charge in [-0.1, -0.05) is 0 Å². The van der Waals surface area contributed by atoms with E-state index in [9.17, 15) is 0 Å². The van der Waals surface area contributed by atoms with Gasteiger partial charge in [0.2, 0.25) is 0 Å². The number of hydrogen-bond donors (Lipinski definition) is 5. The standard InChI is InChI=1S/2H3N.2Na.H3O4P.2H/c;;;;1-5(2,3)4;;/h2*1H3;;;(H3,1,2,3,4);;. The minimum atomic E-state index is -4.64. The first-order valence-corrected chi connectivity index (χ1v) is 2.35. The van der Waals surface area contributed by atoms with Gasteiger partial charge in [0.05, 0.1) is 0 Å². The predicted molar refractivity (Wildman–Crippen MR) is 38.6 cm³/mol. The Labute approximate surface area is 97.4 Å². The van der Waals surface area contributed by atoms with E-state index in [2.05, 4.69) is 0 Å². The van der Waals surface area contributed by atoms with Gasteiger partial charge in [-0.25, -0.2) is 4.57 Å². The molecule has 0 spiro atoms. The van der Waals surface area contributed by atoms with Gasteiger partial charge < -0.3 is 27.0 Å². The molecular formula is H11N2Na2O4P. The van der Waals surface area contributed by atoms with Gasteiger partial charge in [0.1, 0.15) is 0 Å². The molecule has 0 aliphatic carbocycles. The van der Waals surface area contributed by atoms with E-state index in [-0.39, 0.29) is 71.4 Å². The molecule has 0 aliphatic heterocycles. The first kappa shape index (κ1) is 30.5. The summed E-state index contributed by atoms with van der Waals surface area (Å²) in [5.74, 6) is 0. The number of phosphoric acid groups is 1. The zero-order valence-electron chi connectivity index (χ0n) is 3.61. The van der Waals surface area contributed by atoms with E-state index in [1.165, 1.54) is 0 Å². The van der Waals surface area contributed by atoms with E-state index in [0.717, 1.165) is 0 Å². The van der Waals surface area contributed by atoms with E-state index in [0.29, 0.717) is 0 Å². The van der Waals surface area contributed by atoms with Crippen molar-refractivity contribution in [1.82, 2.24) is 12.3 Å². The Morgan fingerprint density at radius 1 is 0.889 bits per heavy atom. The Morgan fingerprint density at radius 3 is 0.889 bits per heavy atom. The zero-order valence-corrected chi connectivity index (χ0v) is 4.51. The molecule has 0 rings (SSSR count). The summed E-state index contributed by atoms with van der Waals surface area (Å²) >= 11 is 0. The molecule has 0 fully saturated rings. The van der Waals surface area contributed by atoms with Crippen molar-refractivity contribution >= 4 is 66.9 Å². The number of hydrogen-bond acceptors (Lipinski definition) is 3. The summed E-state index contributed by atoms with van der Waals surface area (Å²) in [5, 5.41) is 0. The average molecular weight is 180 g/mol. The van der Waals surface area contributed by atoms with Crippen molar-refractivity contribution in [3.8, 4) is 0 Å². The summed E-state index contributed by atoms with van der Waals surface area (Å²) in [5.41, 5.74) is 0. The van der Waals surface area contributed by atoms with Gasteiger partial charge in [0, 0.05) is 0 Å². The van der Waals surface area contributed by atoms with Crippen LogP contribution in [0.1, 0.15) is 0 Å². The maximum atomic E-state index is 8.88. The van der Waals surface area contributed by atoms with Gasteiger partial charge in [-0.2, -0.15) is 0 Å². The zero-order chi connectivity index (χ0) is 4.50. The van der Waals surface area contributed by atoms with Gasteiger partial charge in [-0.05, 0) is 0 Å². The molecule has 0 aromatic heterocycles. The van der Waals surface area contributed by atoms with Crippen LogP contribution in [0, 0.1) is 0 Å². The van der Waals surface area contributed by atoms with Crippen molar-refractivity contribution < 1.29 is 19.2 Å². The van der Waals surface area contributed by atoms with Crippen LogP contribution in [0.3, 0.4) is 0 Å². The molecule has 0 saturated carbocycles. The van der Waals surface area contributed by atoms with Gasteiger partial charge >= 0.3 is 66.9 Å². The van der Waals surface area contributed by atoms with E-state index in [1.54, 1.807) is 0 Å². The third-order valence-corrected chi connectivity index (χ3v) is 0. The second kappa shape index (κ2) is 12.7. The Bertz CT molecular complexity index is 62.7. The van der Waals surface area contributed by atoms with Crippen LogP contribution in [0.25, 0.3) is 0 Å². The Balaban J connectivity index is -0.0000000133. The van der Waals surface area contributed by atoms with Crippen molar-refractivity contribution in [2.24, 2.45) is 0 Å². The molecule has 9 N–H and O–H groups in total. The van der Waals surface area contributed by atoms with Crippen LogP contribution in [0.15, 0.2) is 0 Å². The fraction of sp³-hybridized carbons (Fsp3) is 0. The van der Waals surface area contributed by atoms with Crippen LogP contribution in [-0.4, -0.2) is 73.8 Å². The third kappa shape index (κ3) is 157. The molecule has 0 radical (unpaired) electrons. The van der Waals surface area contributed by atoms with Crippen LogP contribution < -0.4 is 12.3 Å². The van der Waals surface area contributed by atoms with Crippen LogP contribution in [0.4, 0.5) is 0 Å². The molecule has 0 saturated heterocycles. The van der Waals surface area contributed by atoms with Crippen LogP contribution in [0.5, 0.6) is 0 Å². The maximum absolute atomic E-state index is 8.88. The van der Waals surface area contributed by atoms with E-state index < -0.39 is 7.82 Å². The Hall–Kier alpha value is 2.03.